The number of hydrogen-bond donors (Lipinski definition) is 0. The lowest BCUT2D eigenvalue weighted by molar-refractivity contribution is -0.111. The van der Waals surface area contributed by atoms with E-state index in [-0.39, 0.29) is 16.3 Å². The fourth-order valence-corrected chi connectivity index (χ4v) is 1.78. The van der Waals surface area contributed by atoms with Crippen LogP contribution >= 0.6 is 47.0 Å². The predicted molar refractivity (Wildman–Crippen MR) is 68.7 cm³/mol. The Hall–Kier alpha value is -0.480. The average molecular weight is 296 g/mol. The van der Waals surface area contributed by atoms with Gasteiger partial charge >= 0.3 is 0 Å². The van der Waals surface area contributed by atoms with E-state index in [9.17, 15) is 9.59 Å². The van der Waals surface area contributed by atoms with Crippen molar-refractivity contribution in [3.63, 3.8) is 0 Å². The van der Waals surface area contributed by atoms with Crippen LogP contribution in [0.4, 0.5) is 0 Å². The number of halogens is 3. The fourth-order valence-electron chi connectivity index (χ4n) is 1.20. The largest absolute Gasteiger partial charge is 0.281 e. The van der Waals surface area contributed by atoms with Crippen LogP contribution in [0.2, 0.25) is 0 Å². The lowest BCUT2D eigenvalue weighted by Crippen LogP contribution is -2.03. The molecule has 0 aliphatic heterocycles. The Morgan fingerprint density at radius 2 is 1.81 bits per heavy atom. The molecule has 6 heteroatoms. The zero-order valence-corrected chi connectivity index (χ0v) is 10.9. The molecule has 0 spiro atoms. The predicted octanol–water partition coefficient (Wildman–Crippen LogP) is 3.29. The van der Waals surface area contributed by atoms with Gasteiger partial charge in [0.05, 0.1) is 0 Å². The van der Waals surface area contributed by atoms with E-state index in [1.54, 1.807) is 6.07 Å². The molecule has 0 fully saturated rings. The summed E-state index contributed by atoms with van der Waals surface area (Å²) >= 11 is 21.0. The van der Waals surface area contributed by atoms with Crippen LogP contribution in [0.3, 0.4) is 0 Å². The Morgan fingerprint density at radius 1 is 1.19 bits per heavy atom. The smallest absolute Gasteiger partial charge is 0.252 e. The highest BCUT2D eigenvalue weighted by molar-refractivity contribution is 7.83. The van der Waals surface area contributed by atoms with Gasteiger partial charge in [-0.05, 0) is 40.9 Å². The Labute approximate surface area is 112 Å². The van der Waals surface area contributed by atoms with E-state index < -0.39 is 10.5 Å². The fraction of sp³-hybridized carbons (Fsp3) is 0.100. The van der Waals surface area contributed by atoms with Crippen LogP contribution in [0, 0.1) is 0 Å². The second-order valence-corrected chi connectivity index (χ2v) is 4.73. The molecule has 0 aliphatic rings. The first-order chi connectivity index (χ1) is 7.41. The van der Waals surface area contributed by atoms with E-state index in [2.05, 4.69) is 0 Å². The molecule has 1 aromatic carbocycles. The highest BCUT2D eigenvalue weighted by Crippen LogP contribution is 2.18. The Morgan fingerprint density at radius 3 is 2.25 bits per heavy atom. The van der Waals surface area contributed by atoms with Crippen LogP contribution in [0.25, 0.3) is 0 Å². The van der Waals surface area contributed by atoms with Crippen LogP contribution in [-0.4, -0.2) is 14.8 Å². The molecule has 0 heterocycles. The zero-order chi connectivity index (χ0) is 12.3. The minimum atomic E-state index is -0.653. The minimum Gasteiger partial charge on any atom is -0.281 e. The summed E-state index contributed by atoms with van der Waals surface area (Å²) in [6.45, 7) is 0. The van der Waals surface area contributed by atoms with Gasteiger partial charge in [-0.15, -0.1) is 0 Å². The monoisotopic (exact) mass is 294 g/mol. The van der Waals surface area contributed by atoms with Crippen molar-refractivity contribution in [2.75, 3.05) is 0 Å². The van der Waals surface area contributed by atoms with E-state index in [0.29, 0.717) is 11.1 Å². The molecule has 0 amide bonds. The molecular formula is C10H5Cl3O2S. The molecule has 1 aromatic rings. The third-order valence-electron chi connectivity index (χ3n) is 1.87. The molecule has 84 valence electrons. The summed E-state index contributed by atoms with van der Waals surface area (Å²) in [5, 5.41) is -1.24. The number of carbonyl (C=O) groups excluding carboxylic acids is 2. The van der Waals surface area contributed by atoms with Gasteiger partial charge in [-0.3, -0.25) is 9.59 Å². The number of thiocarbonyl (C=S) groups is 1. The van der Waals surface area contributed by atoms with Gasteiger partial charge in [0.15, 0.2) is 0 Å². The zero-order valence-electron chi connectivity index (χ0n) is 7.80. The Balaban J connectivity index is 3.26. The molecule has 16 heavy (non-hydrogen) atoms. The minimum absolute atomic E-state index is 0.0946. The molecular weight excluding hydrogens is 291 g/mol. The molecule has 0 saturated heterocycles. The van der Waals surface area contributed by atoms with Gasteiger partial charge in [0.1, 0.15) is 4.32 Å². The van der Waals surface area contributed by atoms with Crippen molar-refractivity contribution >= 4 is 61.8 Å². The first-order valence-corrected chi connectivity index (χ1v) is 5.67. The van der Waals surface area contributed by atoms with Crippen molar-refractivity contribution in [2.45, 2.75) is 6.42 Å². The summed E-state index contributed by atoms with van der Waals surface area (Å²) in [5.74, 6) is 0. The lowest BCUT2D eigenvalue weighted by atomic mass is 10.0. The van der Waals surface area contributed by atoms with E-state index in [4.69, 9.17) is 47.0 Å². The summed E-state index contributed by atoms with van der Waals surface area (Å²) in [7, 11) is 0. The maximum absolute atomic E-state index is 11.1. The molecule has 0 atom stereocenters. The summed E-state index contributed by atoms with van der Waals surface area (Å²) in [4.78, 5) is 21.9. The van der Waals surface area contributed by atoms with Crippen LogP contribution in [0.5, 0.6) is 0 Å². The molecule has 2 nitrogen and oxygen atoms in total. The number of carbonyl (C=O) groups is 2. The van der Waals surface area contributed by atoms with Crippen molar-refractivity contribution in [1.82, 2.24) is 0 Å². The molecule has 0 N–H and O–H groups in total. The van der Waals surface area contributed by atoms with Crippen molar-refractivity contribution in [3.8, 4) is 0 Å². The summed E-state index contributed by atoms with van der Waals surface area (Å²) in [5.41, 5.74) is 1.19. The maximum Gasteiger partial charge on any atom is 0.252 e. The van der Waals surface area contributed by atoms with E-state index in [1.807, 2.05) is 0 Å². The van der Waals surface area contributed by atoms with Gasteiger partial charge in [-0.1, -0.05) is 29.9 Å². The van der Waals surface area contributed by atoms with Crippen molar-refractivity contribution in [1.29, 1.82) is 0 Å². The van der Waals surface area contributed by atoms with Crippen LogP contribution in [0.1, 0.15) is 21.5 Å². The third kappa shape index (κ3) is 3.52. The number of rotatable bonds is 4. The Kier molecular flexibility index (Phi) is 4.87. The summed E-state index contributed by atoms with van der Waals surface area (Å²) < 4.78 is 0.150. The number of benzene rings is 1. The highest BCUT2D eigenvalue weighted by atomic mass is 35.5. The normalized spacial score (nSPS) is 9.94. The highest BCUT2D eigenvalue weighted by Gasteiger charge is 2.13. The van der Waals surface area contributed by atoms with Gasteiger partial charge in [0.25, 0.3) is 5.24 Å². The van der Waals surface area contributed by atoms with Gasteiger partial charge in [0, 0.05) is 17.5 Å². The first-order valence-electron chi connectivity index (χ1n) is 4.12. The topological polar surface area (TPSA) is 34.1 Å². The molecule has 0 aromatic heterocycles. The van der Waals surface area contributed by atoms with Crippen molar-refractivity contribution in [2.24, 2.45) is 0 Å². The molecule has 0 aliphatic carbocycles. The SMILES string of the molecule is O=C(Cl)Cc1cc(C(=S)Cl)ccc1C(=O)Cl. The van der Waals surface area contributed by atoms with Crippen molar-refractivity contribution in [3.05, 3.63) is 34.9 Å². The molecule has 0 radical (unpaired) electrons. The summed E-state index contributed by atoms with van der Waals surface area (Å²) in [6.07, 6.45) is -0.0946. The van der Waals surface area contributed by atoms with Crippen LogP contribution < -0.4 is 0 Å². The van der Waals surface area contributed by atoms with Crippen LogP contribution in [0.15, 0.2) is 18.2 Å². The molecule has 1 rings (SSSR count). The molecule has 0 bridgehead atoms. The van der Waals surface area contributed by atoms with E-state index >= 15 is 0 Å². The summed E-state index contributed by atoms with van der Waals surface area (Å²) in [6, 6.07) is 4.56. The Bertz CT molecular complexity index is 471. The second kappa shape index (κ2) is 5.73. The standard InChI is InChI=1S/C10H5Cl3O2S/c11-8(14)4-6-3-5(10(13)16)1-2-7(6)9(12)15/h1-3H,4H2. The number of hydrogen-bond acceptors (Lipinski definition) is 3. The van der Waals surface area contributed by atoms with Gasteiger partial charge < -0.3 is 0 Å². The van der Waals surface area contributed by atoms with Gasteiger partial charge in [-0.25, -0.2) is 0 Å². The van der Waals surface area contributed by atoms with E-state index in [1.165, 1.54) is 12.1 Å². The first kappa shape index (κ1) is 13.6. The average Bonchev–Trinajstić information content (AvgIpc) is 2.15. The molecule has 0 saturated carbocycles. The second-order valence-electron chi connectivity index (χ2n) is 2.95. The van der Waals surface area contributed by atoms with Crippen molar-refractivity contribution < 1.29 is 9.59 Å². The third-order valence-corrected chi connectivity index (χ3v) is 2.66. The molecule has 0 unspecified atom stereocenters. The van der Waals surface area contributed by atoms with Gasteiger partial charge in [-0.2, -0.15) is 0 Å². The quantitative estimate of drug-likeness (QED) is 0.631. The van der Waals surface area contributed by atoms with E-state index in [0.717, 1.165) is 0 Å². The van der Waals surface area contributed by atoms with Crippen LogP contribution in [-0.2, 0) is 11.2 Å². The van der Waals surface area contributed by atoms with Gasteiger partial charge in [0.2, 0.25) is 5.24 Å². The lowest BCUT2D eigenvalue weighted by Gasteiger charge is -2.05. The maximum atomic E-state index is 11.1.